The van der Waals surface area contributed by atoms with Crippen LogP contribution in [0.5, 0.6) is 0 Å². The number of likely N-dealkylation sites (N-methyl/N-ethyl adjacent to an activating group) is 2. The molecule has 0 bridgehead atoms. The van der Waals surface area contributed by atoms with Gasteiger partial charge in [-0.2, -0.15) is 0 Å². The average Bonchev–Trinajstić information content (AvgIpc) is 3.22. The monoisotopic (exact) mass is 766 g/mol. The topological polar surface area (TPSA) is 147 Å². The number of hydrogen-bond donors (Lipinski definition) is 2. The minimum absolute atomic E-state index is 0.701. The lowest BCUT2D eigenvalue weighted by Crippen LogP contribution is -2.44. The molecule has 0 radical (unpaired) electrons. The zero-order chi connectivity index (χ0) is 39.4. The lowest BCUT2D eigenvalue weighted by atomic mass is 10.2. The molecule has 57 heavy (non-hydrogen) atoms. The highest BCUT2D eigenvalue weighted by atomic mass is 16.5. The highest BCUT2D eigenvalue weighted by Gasteiger charge is 2.14. The number of fused-ring (bicyclic) bond motifs is 2. The van der Waals surface area contributed by atoms with E-state index in [4.69, 9.17) is 4.74 Å². The number of aromatic nitrogens is 4. The summed E-state index contributed by atoms with van der Waals surface area (Å²) in [5.74, 6) is 1.45. The van der Waals surface area contributed by atoms with Crippen LogP contribution in [0.3, 0.4) is 0 Å². The Kier molecular flexibility index (Phi) is 13.1. The molecule has 2 aromatic heterocycles. The maximum atomic E-state index is 5.58. The Bertz CT molecular complexity index is 2160. The highest BCUT2D eigenvalue weighted by molar-refractivity contribution is 5.93. The zero-order valence-corrected chi connectivity index (χ0v) is 33.1. The minimum atomic E-state index is 0.701. The van der Waals surface area contributed by atoms with Crippen LogP contribution in [0.25, 0.3) is 21.8 Å². The van der Waals surface area contributed by atoms with Crippen LogP contribution in [0.2, 0.25) is 0 Å². The molecule has 15 nitrogen and oxygen atoms in total. The first-order chi connectivity index (χ1) is 27.8. The fourth-order valence-electron chi connectivity index (χ4n) is 6.49. The normalized spacial score (nSPS) is 13.6. The summed E-state index contributed by atoms with van der Waals surface area (Å²) in [5.41, 5.74) is 7.40. The van der Waals surface area contributed by atoms with E-state index < -0.39 is 0 Å². The van der Waals surface area contributed by atoms with Crippen LogP contribution in [-0.2, 0) is 4.74 Å². The second kappa shape index (κ2) is 19.1. The van der Waals surface area contributed by atoms with Gasteiger partial charge in [0.05, 0.1) is 48.7 Å². The first kappa shape index (κ1) is 39.1. The highest BCUT2D eigenvalue weighted by Crippen LogP contribution is 2.29. The molecule has 7 rings (SSSR count). The van der Waals surface area contributed by atoms with Crippen LogP contribution in [0.4, 0.5) is 34.4 Å². The van der Waals surface area contributed by atoms with Crippen molar-refractivity contribution in [2.24, 2.45) is 20.7 Å². The number of nitrogens with one attached hydrogen (secondary N) is 2. The van der Waals surface area contributed by atoms with E-state index in [1.807, 2.05) is 84.8 Å². The van der Waals surface area contributed by atoms with E-state index in [1.54, 1.807) is 12.7 Å². The van der Waals surface area contributed by atoms with Gasteiger partial charge in [-0.3, -0.25) is 19.8 Å². The lowest BCUT2D eigenvalue weighted by Gasteiger charge is -2.31. The number of benzene rings is 4. The van der Waals surface area contributed by atoms with E-state index in [1.165, 1.54) is 11.1 Å². The molecule has 2 N–H and O–H groups in total. The predicted octanol–water partition coefficient (Wildman–Crippen LogP) is 7.87. The summed E-state index contributed by atoms with van der Waals surface area (Å²) in [4.78, 5) is 22.8. The summed E-state index contributed by atoms with van der Waals surface area (Å²) < 4.78 is 5.58. The third-order valence-corrected chi connectivity index (χ3v) is 9.74. The third kappa shape index (κ3) is 11.2. The van der Waals surface area contributed by atoms with Gasteiger partial charge >= 0.3 is 0 Å². The van der Waals surface area contributed by atoms with E-state index in [2.05, 4.69) is 99.2 Å². The predicted molar refractivity (Wildman–Crippen MR) is 226 cm³/mol. The molecular weight excluding hydrogens is 717 g/mol. The van der Waals surface area contributed by atoms with E-state index >= 15 is 0 Å². The molecule has 1 aliphatic heterocycles. The molecule has 6 aromatic rings. The maximum absolute atomic E-state index is 5.58. The van der Waals surface area contributed by atoms with Crippen molar-refractivity contribution in [3.05, 3.63) is 109 Å². The molecule has 15 heteroatoms. The van der Waals surface area contributed by atoms with Gasteiger partial charge < -0.3 is 15.4 Å². The molecule has 1 aliphatic rings. The zero-order valence-electron chi connectivity index (χ0n) is 33.1. The van der Waals surface area contributed by atoms with Crippen molar-refractivity contribution in [1.82, 2.24) is 39.8 Å². The Morgan fingerprint density at radius 3 is 1.61 bits per heavy atom. The molecule has 0 saturated carbocycles. The molecule has 1 saturated heterocycles. The molecule has 0 unspecified atom stereocenters. The number of morpholine rings is 1. The number of ether oxygens (including phenoxy) is 1. The first-order valence-corrected chi connectivity index (χ1v) is 19.3. The second-order valence-corrected chi connectivity index (χ2v) is 14.3. The van der Waals surface area contributed by atoms with Crippen molar-refractivity contribution in [2.45, 2.75) is 13.8 Å². The fourth-order valence-corrected chi connectivity index (χ4v) is 6.49. The molecule has 3 heterocycles. The first-order valence-electron chi connectivity index (χ1n) is 19.3. The van der Waals surface area contributed by atoms with Gasteiger partial charge in [0.2, 0.25) is 0 Å². The van der Waals surface area contributed by atoms with Crippen molar-refractivity contribution in [3.63, 3.8) is 0 Å². The van der Waals surface area contributed by atoms with Gasteiger partial charge in [0.25, 0.3) is 0 Å². The molecule has 0 spiro atoms. The number of rotatable bonds is 17. The van der Waals surface area contributed by atoms with Gasteiger partial charge in [-0.05, 0) is 85.6 Å². The Morgan fingerprint density at radius 1 is 0.614 bits per heavy atom. The van der Waals surface area contributed by atoms with E-state index in [0.29, 0.717) is 13.1 Å². The van der Waals surface area contributed by atoms with Gasteiger partial charge in [0, 0.05) is 75.5 Å². The van der Waals surface area contributed by atoms with Crippen molar-refractivity contribution in [1.29, 1.82) is 0 Å². The van der Waals surface area contributed by atoms with Gasteiger partial charge in [0.15, 0.2) is 0 Å². The number of nitrogens with zero attached hydrogens (tertiary/aromatic N) is 12. The molecule has 1 fully saturated rings. The van der Waals surface area contributed by atoms with Gasteiger partial charge in [0.1, 0.15) is 24.3 Å². The quantitative estimate of drug-likeness (QED) is 0.0691. The summed E-state index contributed by atoms with van der Waals surface area (Å²) in [6.07, 6.45) is 3.14. The van der Waals surface area contributed by atoms with Crippen LogP contribution in [0, 0.1) is 13.8 Å². The van der Waals surface area contributed by atoms with E-state index in [9.17, 15) is 0 Å². The molecule has 0 aliphatic carbocycles. The molecule has 4 aromatic carbocycles. The molecular formula is C42H50N14O. The van der Waals surface area contributed by atoms with Crippen LogP contribution < -0.4 is 10.6 Å². The van der Waals surface area contributed by atoms with Crippen molar-refractivity contribution >= 4 is 56.2 Å². The van der Waals surface area contributed by atoms with Crippen LogP contribution in [-0.4, -0.2) is 119 Å². The van der Waals surface area contributed by atoms with E-state index in [0.717, 1.165) is 109 Å². The minimum Gasteiger partial charge on any atom is -0.379 e. The van der Waals surface area contributed by atoms with Crippen LogP contribution in [0.1, 0.15) is 11.1 Å². The van der Waals surface area contributed by atoms with Crippen molar-refractivity contribution in [3.8, 4) is 0 Å². The summed E-state index contributed by atoms with van der Waals surface area (Å²) >= 11 is 0. The Balaban J connectivity index is 0.964. The standard InChI is InChI=1S/C42H50N14O/c1-31-7-5-9-33(25-31)47-41-37-27-35(11-13-39(37)43-29-45-41)49-51-53(3)15-17-55(19-20-56-21-23-57-24-22-56)18-16-54(4)52-50-36-12-14-40-38(28-36)42(46-30-44-40)48-34-10-6-8-32(2)26-34/h5-14,25-30H,15-24H2,1-4H3,(H,43,45,47)(H,44,46,48). The van der Waals surface area contributed by atoms with Crippen molar-refractivity contribution < 1.29 is 4.74 Å². The number of hydrogen-bond acceptors (Lipinski definition) is 13. The summed E-state index contributed by atoms with van der Waals surface area (Å²) in [6, 6.07) is 28.1. The number of aryl methyl sites for hydroxylation is 2. The summed E-state index contributed by atoms with van der Waals surface area (Å²) in [7, 11) is 3.91. The summed E-state index contributed by atoms with van der Waals surface area (Å²) in [6.45, 7) is 12.5. The fraction of sp³-hybridized carbons (Fsp3) is 0.333. The van der Waals surface area contributed by atoms with Crippen LogP contribution >= 0.6 is 0 Å². The molecule has 294 valence electrons. The largest absolute Gasteiger partial charge is 0.379 e. The summed E-state index contributed by atoms with van der Waals surface area (Å²) in [5, 5.41) is 30.6. The smallest absolute Gasteiger partial charge is 0.141 e. The molecule has 0 atom stereocenters. The van der Waals surface area contributed by atoms with Gasteiger partial charge in [-0.1, -0.05) is 34.7 Å². The van der Waals surface area contributed by atoms with Crippen LogP contribution in [0.15, 0.2) is 118 Å². The van der Waals surface area contributed by atoms with Crippen molar-refractivity contribution in [2.75, 3.05) is 90.3 Å². The van der Waals surface area contributed by atoms with Gasteiger partial charge in [-0.25, -0.2) is 19.9 Å². The third-order valence-electron chi connectivity index (χ3n) is 9.74. The Morgan fingerprint density at radius 2 is 1.12 bits per heavy atom. The average molecular weight is 767 g/mol. The number of anilines is 4. The second-order valence-electron chi connectivity index (χ2n) is 14.3. The molecule has 0 amide bonds. The van der Waals surface area contributed by atoms with E-state index in [-0.39, 0.29) is 0 Å². The Labute approximate surface area is 333 Å². The lowest BCUT2D eigenvalue weighted by molar-refractivity contribution is 0.0325. The maximum Gasteiger partial charge on any atom is 0.141 e. The SMILES string of the molecule is Cc1cccc(Nc2ncnc3ccc(N=NN(C)CCN(CCN4CCOCC4)CCN(C)N=Nc4ccc5ncnc(Nc6cccc(C)c6)c5c4)cc23)c1. The van der Waals surface area contributed by atoms with Gasteiger partial charge in [-0.15, -0.1) is 10.2 Å². The Hall–Kier alpha value is -6.16.